The minimum Gasteiger partial charge on any atom is -0.478 e. The summed E-state index contributed by atoms with van der Waals surface area (Å²) >= 11 is 1.21. The summed E-state index contributed by atoms with van der Waals surface area (Å²) in [4.78, 5) is 35.0. The molecule has 0 bridgehead atoms. The van der Waals surface area contributed by atoms with Gasteiger partial charge in [0.2, 0.25) is 0 Å². The van der Waals surface area contributed by atoms with Crippen LogP contribution in [0.4, 0.5) is 5.00 Å². The van der Waals surface area contributed by atoms with E-state index in [2.05, 4.69) is 5.32 Å². The fourth-order valence-corrected chi connectivity index (χ4v) is 3.29. The Morgan fingerprint density at radius 2 is 1.62 bits per heavy atom. The number of thiophene rings is 1. The van der Waals surface area contributed by atoms with E-state index in [4.69, 9.17) is 5.73 Å². The van der Waals surface area contributed by atoms with Gasteiger partial charge in [-0.3, -0.25) is 9.59 Å². The van der Waals surface area contributed by atoms with Crippen LogP contribution in [0.25, 0.3) is 11.1 Å². The highest BCUT2D eigenvalue weighted by Gasteiger charge is 2.15. The third kappa shape index (κ3) is 3.47. The van der Waals surface area contributed by atoms with Crippen LogP contribution in [0.2, 0.25) is 0 Å². The van der Waals surface area contributed by atoms with Crippen LogP contribution in [0.15, 0.2) is 60.0 Å². The average Bonchev–Trinajstić information content (AvgIpc) is 3.10. The van der Waals surface area contributed by atoms with Gasteiger partial charge in [0, 0.05) is 5.56 Å². The largest absolute Gasteiger partial charge is 0.478 e. The van der Waals surface area contributed by atoms with Crippen LogP contribution in [0.3, 0.4) is 0 Å². The predicted molar refractivity (Wildman–Crippen MR) is 99.6 cm³/mol. The monoisotopic (exact) mass is 366 g/mol. The van der Waals surface area contributed by atoms with E-state index < -0.39 is 11.9 Å². The van der Waals surface area contributed by atoms with E-state index in [1.165, 1.54) is 17.4 Å². The van der Waals surface area contributed by atoms with Crippen molar-refractivity contribution in [2.75, 3.05) is 5.32 Å². The lowest BCUT2D eigenvalue weighted by Gasteiger charge is -2.08. The molecular weight excluding hydrogens is 352 g/mol. The molecule has 0 radical (unpaired) electrons. The first-order valence-corrected chi connectivity index (χ1v) is 8.46. The molecule has 0 spiro atoms. The van der Waals surface area contributed by atoms with E-state index in [9.17, 15) is 19.5 Å². The Labute approximate surface area is 152 Å². The highest BCUT2D eigenvalue weighted by atomic mass is 32.1. The number of amides is 2. The molecule has 6 nitrogen and oxygen atoms in total. The molecule has 1 aromatic heterocycles. The molecule has 7 heteroatoms. The summed E-state index contributed by atoms with van der Waals surface area (Å²) in [5.41, 5.74) is 7.35. The number of carbonyl (C=O) groups is 3. The maximum absolute atomic E-state index is 12.4. The predicted octanol–water partition coefficient (Wildman–Crippen LogP) is 3.46. The third-order valence-electron chi connectivity index (χ3n) is 3.77. The molecule has 0 saturated heterocycles. The van der Waals surface area contributed by atoms with E-state index in [0.717, 1.165) is 0 Å². The fraction of sp³-hybridized carbons (Fsp3) is 0. The zero-order chi connectivity index (χ0) is 18.7. The second-order valence-corrected chi connectivity index (χ2v) is 6.33. The van der Waals surface area contributed by atoms with Crippen molar-refractivity contribution in [3.05, 3.63) is 76.7 Å². The van der Waals surface area contributed by atoms with Gasteiger partial charge in [-0.05, 0) is 40.8 Å². The van der Waals surface area contributed by atoms with Crippen molar-refractivity contribution >= 4 is 34.1 Å². The second kappa shape index (κ2) is 7.20. The number of carboxylic acids is 1. The maximum atomic E-state index is 12.4. The second-order valence-electron chi connectivity index (χ2n) is 5.41. The lowest BCUT2D eigenvalue weighted by molar-refractivity contribution is 0.0697. The number of hydrogen-bond acceptors (Lipinski definition) is 4. The van der Waals surface area contributed by atoms with Crippen LogP contribution in [0.1, 0.15) is 31.1 Å². The third-order valence-corrected chi connectivity index (χ3v) is 4.60. The zero-order valence-electron chi connectivity index (χ0n) is 13.4. The molecule has 0 aliphatic rings. The maximum Gasteiger partial charge on any atom is 0.336 e. The summed E-state index contributed by atoms with van der Waals surface area (Å²) in [6.45, 7) is 0. The Hall–Kier alpha value is -3.45. The van der Waals surface area contributed by atoms with Gasteiger partial charge in [0.15, 0.2) is 0 Å². The van der Waals surface area contributed by atoms with Gasteiger partial charge in [0.1, 0.15) is 5.00 Å². The number of benzene rings is 2. The molecule has 3 aromatic rings. The molecule has 0 fully saturated rings. The zero-order valence-corrected chi connectivity index (χ0v) is 14.2. The summed E-state index contributed by atoms with van der Waals surface area (Å²) < 4.78 is 0. The molecule has 2 amide bonds. The lowest BCUT2D eigenvalue weighted by atomic mass is 9.98. The molecule has 0 saturated carbocycles. The SMILES string of the molecule is NC(=O)c1ccsc1NC(=O)c1ccc(-c2ccccc2C(=O)O)cc1. The van der Waals surface area contributed by atoms with Crippen molar-refractivity contribution in [2.24, 2.45) is 5.73 Å². The molecule has 0 atom stereocenters. The van der Waals surface area contributed by atoms with Crippen LogP contribution in [0, 0.1) is 0 Å². The van der Waals surface area contributed by atoms with Gasteiger partial charge >= 0.3 is 5.97 Å². The fourth-order valence-electron chi connectivity index (χ4n) is 2.50. The number of rotatable bonds is 5. The molecule has 26 heavy (non-hydrogen) atoms. The Kier molecular flexibility index (Phi) is 4.81. The molecule has 130 valence electrons. The Morgan fingerprint density at radius 1 is 0.923 bits per heavy atom. The van der Waals surface area contributed by atoms with Crippen molar-refractivity contribution in [2.45, 2.75) is 0 Å². The first-order valence-electron chi connectivity index (χ1n) is 7.59. The summed E-state index contributed by atoms with van der Waals surface area (Å²) in [5.74, 6) is -2.01. The number of nitrogens with two attached hydrogens (primary N) is 1. The number of primary amides is 1. The summed E-state index contributed by atoms with van der Waals surface area (Å²) in [6.07, 6.45) is 0. The van der Waals surface area contributed by atoms with Crippen LogP contribution >= 0.6 is 11.3 Å². The average molecular weight is 366 g/mol. The minimum atomic E-state index is -1.01. The van der Waals surface area contributed by atoms with Gasteiger partial charge in [0.05, 0.1) is 11.1 Å². The normalized spacial score (nSPS) is 10.3. The van der Waals surface area contributed by atoms with E-state index in [-0.39, 0.29) is 17.0 Å². The highest BCUT2D eigenvalue weighted by Crippen LogP contribution is 2.26. The lowest BCUT2D eigenvalue weighted by Crippen LogP contribution is -2.16. The number of hydrogen-bond donors (Lipinski definition) is 3. The molecule has 3 rings (SSSR count). The van der Waals surface area contributed by atoms with Crippen molar-refractivity contribution in [3.63, 3.8) is 0 Å². The minimum absolute atomic E-state index is 0.189. The Morgan fingerprint density at radius 3 is 2.27 bits per heavy atom. The molecule has 0 aliphatic heterocycles. The van der Waals surface area contributed by atoms with Crippen molar-refractivity contribution in [1.82, 2.24) is 0 Å². The van der Waals surface area contributed by atoms with Gasteiger partial charge in [-0.2, -0.15) is 0 Å². The van der Waals surface area contributed by atoms with Gasteiger partial charge in [-0.1, -0.05) is 30.3 Å². The molecule has 2 aromatic carbocycles. The van der Waals surface area contributed by atoms with Crippen LogP contribution in [-0.2, 0) is 0 Å². The number of carbonyl (C=O) groups excluding carboxylic acids is 2. The number of nitrogens with one attached hydrogen (secondary N) is 1. The van der Waals surface area contributed by atoms with Gasteiger partial charge in [0.25, 0.3) is 11.8 Å². The van der Waals surface area contributed by atoms with E-state index >= 15 is 0 Å². The topological polar surface area (TPSA) is 109 Å². The van der Waals surface area contributed by atoms with E-state index in [1.807, 2.05) is 0 Å². The van der Waals surface area contributed by atoms with Crippen LogP contribution < -0.4 is 11.1 Å². The molecule has 1 heterocycles. The molecule has 0 unspecified atom stereocenters. The molecule has 4 N–H and O–H groups in total. The molecule has 0 aliphatic carbocycles. The quantitative estimate of drug-likeness (QED) is 0.642. The Bertz CT molecular complexity index is 993. The van der Waals surface area contributed by atoms with Crippen molar-refractivity contribution in [1.29, 1.82) is 0 Å². The summed E-state index contributed by atoms with van der Waals surface area (Å²) in [6, 6.07) is 14.8. The van der Waals surface area contributed by atoms with E-state index in [1.54, 1.807) is 53.9 Å². The number of aromatic carboxylic acids is 1. The van der Waals surface area contributed by atoms with Crippen molar-refractivity contribution < 1.29 is 19.5 Å². The Balaban J connectivity index is 1.84. The van der Waals surface area contributed by atoms with Gasteiger partial charge in [-0.25, -0.2) is 4.79 Å². The standard InChI is InChI=1S/C19H14N2O4S/c20-16(22)15-9-10-26-18(15)21-17(23)12-7-5-11(6-8-12)13-3-1-2-4-14(13)19(24)25/h1-10H,(H2,20,22)(H,21,23)(H,24,25). The van der Waals surface area contributed by atoms with E-state index in [0.29, 0.717) is 21.7 Å². The summed E-state index contributed by atoms with van der Waals surface area (Å²) in [5, 5.41) is 14.0. The number of anilines is 1. The highest BCUT2D eigenvalue weighted by molar-refractivity contribution is 7.14. The van der Waals surface area contributed by atoms with Crippen molar-refractivity contribution in [3.8, 4) is 11.1 Å². The van der Waals surface area contributed by atoms with Gasteiger partial charge < -0.3 is 16.2 Å². The number of carboxylic acid groups (broad SMARTS) is 1. The first kappa shape index (κ1) is 17.4. The first-order chi connectivity index (χ1) is 12.5. The summed E-state index contributed by atoms with van der Waals surface area (Å²) in [7, 11) is 0. The van der Waals surface area contributed by atoms with Gasteiger partial charge in [-0.15, -0.1) is 11.3 Å². The van der Waals surface area contributed by atoms with Crippen LogP contribution in [0.5, 0.6) is 0 Å². The van der Waals surface area contributed by atoms with Crippen LogP contribution in [-0.4, -0.2) is 22.9 Å². The molecular formula is C19H14N2O4S. The smallest absolute Gasteiger partial charge is 0.336 e.